The second kappa shape index (κ2) is 9.82. The van der Waals surface area contributed by atoms with Crippen molar-refractivity contribution < 1.29 is 14.3 Å². The van der Waals surface area contributed by atoms with E-state index in [1.807, 2.05) is 66.9 Å². The topological polar surface area (TPSA) is 72.7 Å². The molecule has 4 aromatic rings. The van der Waals surface area contributed by atoms with Crippen LogP contribution in [0, 0.1) is 0 Å². The number of ether oxygens (including phenoxy) is 1. The van der Waals surface area contributed by atoms with Crippen LogP contribution >= 0.6 is 23.4 Å². The van der Waals surface area contributed by atoms with Gasteiger partial charge in [-0.25, -0.2) is 9.79 Å². The van der Waals surface area contributed by atoms with Crippen LogP contribution in [-0.2, 0) is 16.1 Å². The summed E-state index contributed by atoms with van der Waals surface area (Å²) in [5.41, 5.74) is 4.10. The van der Waals surface area contributed by atoms with Gasteiger partial charge in [0.25, 0.3) is 5.91 Å². The third kappa shape index (κ3) is 5.01. The minimum Gasteiger partial charge on any atom is -0.465 e. The summed E-state index contributed by atoms with van der Waals surface area (Å²) in [7, 11) is 1.37. The van der Waals surface area contributed by atoms with Crippen molar-refractivity contribution in [3.05, 3.63) is 106 Å². The number of nitrogens with one attached hydrogen (secondary N) is 1. The number of carbonyl (C=O) groups is 2. The van der Waals surface area contributed by atoms with Gasteiger partial charge in [-0.05, 0) is 59.8 Å². The van der Waals surface area contributed by atoms with Gasteiger partial charge in [0.15, 0.2) is 5.17 Å². The summed E-state index contributed by atoms with van der Waals surface area (Å²) in [4.78, 5) is 29.6. The second-order valence-electron chi connectivity index (χ2n) is 7.88. The van der Waals surface area contributed by atoms with Crippen LogP contribution in [0.15, 0.2) is 88.9 Å². The van der Waals surface area contributed by atoms with Crippen molar-refractivity contribution in [3.8, 4) is 0 Å². The number of fused-ring (bicyclic) bond motifs is 1. The van der Waals surface area contributed by atoms with E-state index in [1.165, 1.54) is 18.9 Å². The molecule has 0 saturated carbocycles. The lowest BCUT2D eigenvalue weighted by atomic mass is 10.1. The molecule has 0 atom stereocenters. The first-order valence-corrected chi connectivity index (χ1v) is 12.0. The lowest BCUT2D eigenvalue weighted by Gasteiger charge is -2.07. The Morgan fingerprint density at radius 3 is 2.77 bits per heavy atom. The van der Waals surface area contributed by atoms with E-state index in [-0.39, 0.29) is 11.9 Å². The first kappa shape index (κ1) is 23.0. The summed E-state index contributed by atoms with van der Waals surface area (Å²) in [6.07, 6.45) is 3.90. The van der Waals surface area contributed by atoms with Gasteiger partial charge in [0.2, 0.25) is 0 Å². The van der Waals surface area contributed by atoms with Gasteiger partial charge >= 0.3 is 5.97 Å². The normalized spacial score (nSPS) is 15.7. The maximum Gasteiger partial charge on any atom is 0.337 e. The zero-order valence-electron chi connectivity index (χ0n) is 18.7. The summed E-state index contributed by atoms with van der Waals surface area (Å²) >= 11 is 7.33. The van der Waals surface area contributed by atoms with E-state index >= 15 is 0 Å². The SMILES string of the molecule is COC(=O)c1cccc(Cn2cc(/C=C3\SC(=Nc4cccc(Cl)c4)NC3=O)c3ccccc32)c1. The number of para-hydroxylation sites is 1. The highest BCUT2D eigenvalue weighted by Gasteiger charge is 2.24. The molecule has 1 aliphatic rings. The fourth-order valence-corrected chi connectivity index (χ4v) is 4.93. The molecular formula is C27H20ClN3O3S. The number of benzene rings is 3. The van der Waals surface area contributed by atoms with Gasteiger partial charge in [0, 0.05) is 34.2 Å². The number of aromatic nitrogens is 1. The number of aliphatic imine (C=N–C) groups is 1. The number of thioether (sulfide) groups is 1. The smallest absolute Gasteiger partial charge is 0.337 e. The minimum absolute atomic E-state index is 0.196. The van der Waals surface area contributed by atoms with Crippen LogP contribution in [0.25, 0.3) is 17.0 Å². The van der Waals surface area contributed by atoms with Gasteiger partial charge in [-0.1, -0.05) is 48.0 Å². The van der Waals surface area contributed by atoms with Gasteiger partial charge in [-0.2, -0.15) is 0 Å². The van der Waals surface area contributed by atoms with Crippen LogP contribution in [0.1, 0.15) is 21.5 Å². The lowest BCUT2D eigenvalue weighted by Crippen LogP contribution is -2.19. The molecular weight excluding hydrogens is 482 g/mol. The number of hydrogen-bond acceptors (Lipinski definition) is 5. The van der Waals surface area contributed by atoms with E-state index in [9.17, 15) is 9.59 Å². The highest BCUT2D eigenvalue weighted by Crippen LogP contribution is 2.31. The fourth-order valence-electron chi connectivity index (χ4n) is 3.92. The molecule has 1 aliphatic heterocycles. The summed E-state index contributed by atoms with van der Waals surface area (Å²) in [5.74, 6) is -0.562. The number of methoxy groups -OCH3 is 1. The van der Waals surface area contributed by atoms with Crippen molar-refractivity contribution >= 4 is 63.1 Å². The standard InChI is InChI=1S/C27H20ClN3O3S/c1-34-26(33)18-7-4-6-17(12-18)15-31-16-19(22-10-2-3-11-23(22)31)13-24-25(32)30-27(35-24)29-21-9-5-8-20(28)14-21/h2-14,16H,15H2,1H3,(H,29,30,32)/b24-13-. The number of nitrogens with zero attached hydrogens (tertiary/aromatic N) is 2. The van der Waals surface area contributed by atoms with E-state index < -0.39 is 0 Å². The first-order chi connectivity index (χ1) is 17.0. The molecule has 1 N–H and O–H groups in total. The van der Waals surface area contributed by atoms with E-state index in [4.69, 9.17) is 16.3 Å². The van der Waals surface area contributed by atoms with Crippen molar-refractivity contribution in [2.24, 2.45) is 4.99 Å². The van der Waals surface area contributed by atoms with E-state index in [2.05, 4.69) is 14.9 Å². The van der Waals surface area contributed by atoms with Crippen LogP contribution in [0.2, 0.25) is 5.02 Å². The predicted octanol–water partition coefficient (Wildman–Crippen LogP) is 6.02. The summed E-state index contributed by atoms with van der Waals surface area (Å²) in [6.45, 7) is 0.565. The van der Waals surface area contributed by atoms with E-state index in [1.54, 1.807) is 18.2 Å². The Balaban J connectivity index is 1.46. The van der Waals surface area contributed by atoms with E-state index in [0.717, 1.165) is 22.0 Å². The molecule has 6 nitrogen and oxygen atoms in total. The second-order valence-corrected chi connectivity index (χ2v) is 9.35. The lowest BCUT2D eigenvalue weighted by molar-refractivity contribution is -0.115. The molecule has 0 bridgehead atoms. The molecule has 1 aromatic heterocycles. The molecule has 0 unspecified atom stereocenters. The van der Waals surface area contributed by atoms with Gasteiger partial charge in [0.05, 0.1) is 23.3 Å². The third-order valence-corrected chi connectivity index (χ3v) is 6.64. The van der Waals surface area contributed by atoms with Crippen LogP contribution < -0.4 is 5.32 Å². The molecule has 0 aliphatic carbocycles. The van der Waals surface area contributed by atoms with Crippen molar-refractivity contribution in [1.82, 2.24) is 9.88 Å². The molecule has 0 radical (unpaired) electrons. The van der Waals surface area contributed by atoms with Crippen molar-refractivity contribution in [3.63, 3.8) is 0 Å². The number of rotatable bonds is 5. The van der Waals surface area contributed by atoms with E-state index in [0.29, 0.717) is 32.9 Å². The molecule has 3 aromatic carbocycles. The molecule has 0 spiro atoms. The zero-order chi connectivity index (χ0) is 24.4. The zero-order valence-corrected chi connectivity index (χ0v) is 20.3. The summed E-state index contributed by atoms with van der Waals surface area (Å²) in [5, 5.41) is 4.94. The molecule has 1 amide bonds. The molecule has 35 heavy (non-hydrogen) atoms. The highest BCUT2D eigenvalue weighted by molar-refractivity contribution is 8.18. The average Bonchev–Trinajstić information content (AvgIpc) is 3.38. The number of halogens is 1. The van der Waals surface area contributed by atoms with Gasteiger partial charge in [-0.15, -0.1) is 0 Å². The molecule has 5 rings (SSSR count). The highest BCUT2D eigenvalue weighted by atomic mass is 35.5. The maximum absolute atomic E-state index is 12.7. The van der Waals surface area contributed by atoms with Crippen LogP contribution in [0.5, 0.6) is 0 Å². The summed E-state index contributed by atoms with van der Waals surface area (Å²) < 4.78 is 6.95. The number of hydrogen-bond donors (Lipinski definition) is 1. The number of amidine groups is 1. The Bertz CT molecular complexity index is 1520. The predicted molar refractivity (Wildman–Crippen MR) is 141 cm³/mol. The largest absolute Gasteiger partial charge is 0.465 e. The molecule has 174 valence electrons. The number of carbonyl (C=O) groups excluding carboxylic acids is 2. The third-order valence-electron chi connectivity index (χ3n) is 5.50. The molecule has 2 heterocycles. The Morgan fingerprint density at radius 2 is 1.94 bits per heavy atom. The quantitative estimate of drug-likeness (QED) is 0.268. The average molecular weight is 502 g/mol. The van der Waals surface area contributed by atoms with Crippen LogP contribution in [0.3, 0.4) is 0 Å². The van der Waals surface area contributed by atoms with Crippen LogP contribution in [-0.4, -0.2) is 28.7 Å². The Morgan fingerprint density at radius 1 is 1.11 bits per heavy atom. The Labute approximate surface area is 211 Å². The van der Waals surface area contributed by atoms with Gasteiger partial charge < -0.3 is 14.6 Å². The molecule has 1 saturated heterocycles. The number of esters is 1. The Kier molecular flexibility index (Phi) is 6.44. The van der Waals surface area contributed by atoms with Crippen molar-refractivity contribution in [1.29, 1.82) is 0 Å². The Hall–Kier alpha value is -3.81. The monoisotopic (exact) mass is 501 g/mol. The maximum atomic E-state index is 12.7. The van der Waals surface area contributed by atoms with Crippen molar-refractivity contribution in [2.45, 2.75) is 6.54 Å². The fraction of sp³-hybridized carbons (Fsp3) is 0.0741. The minimum atomic E-state index is -0.367. The number of amides is 1. The molecule has 1 fully saturated rings. The van der Waals surface area contributed by atoms with Gasteiger partial charge in [0.1, 0.15) is 0 Å². The van der Waals surface area contributed by atoms with Crippen LogP contribution in [0.4, 0.5) is 5.69 Å². The first-order valence-electron chi connectivity index (χ1n) is 10.8. The van der Waals surface area contributed by atoms with Crippen molar-refractivity contribution in [2.75, 3.05) is 7.11 Å². The van der Waals surface area contributed by atoms with Gasteiger partial charge in [-0.3, -0.25) is 4.79 Å². The molecule has 8 heteroatoms. The summed E-state index contributed by atoms with van der Waals surface area (Å²) in [6, 6.07) is 22.6.